The van der Waals surface area contributed by atoms with E-state index in [2.05, 4.69) is 15.3 Å². The van der Waals surface area contributed by atoms with Crippen molar-refractivity contribution in [3.63, 3.8) is 0 Å². The summed E-state index contributed by atoms with van der Waals surface area (Å²) < 4.78 is 0. The number of nitriles is 1. The molecule has 0 radical (unpaired) electrons. The van der Waals surface area contributed by atoms with Crippen LogP contribution in [0.15, 0.2) is 23.1 Å². The number of rotatable bonds is 2. The molecule has 0 bridgehead atoms. The van der Waals surface area contributed by atoms with Crippen LogP contribution in [-0.4, -0.2) is 17.0 Å². The van der Waals surface area contributed by atoms with E-state index in [-0.39, 0.29) is 11.1 Å². The van der Waals surface area contributed by atoms with E-state index >= 15 is 0 Å². The maximum atomic E-state index is 11.4. The number of thiazole rings is 1. The summed E-state index contributed by atoms with van der Waals surface area (Å²) in [5.74, 6) is 0. The van der Waals surface area contributed by atoms with Gasteiger partial charge in [0.15, 0.2) is 5.13 Å². The van der Waals surface area contributed by atoms with Crippen molar-refractivity contribution < 1.29 is 0 Å². The molecule has 0 atom stereocenters. The zero-order valence-electron chi connectivity index (χ0n) is 8.44. The molecule has 5 nitrogen and oxygen atoms in total. The minimum absolute atomic E-state index is 0.113. The van der Waals surface area contributed by atoms with Crippen LogP contribution in [-0.2, 0) is 0 Å². The molecule has 0 fully saturated rings. The van der Waals surface area contributed by atoms with Crippen LogP contribution in [0.3, 0.4) is 0 Å². The fourth-order valence-electron chi connectivity index (χ4n) is 1.22. The molecule has 6 heteroatoms. The Morgan fingerprint density at radius 3 is 2.94 bits per heavy atom. The predicted octanol–water partition coefficient (Wildman–Crippen LogP) is 1.41. The third kappa shape index (κ3) is 1.81. The maximum Gasteiger partial charge on any atom is 0.266 e. The van der Waals surface area contributed by atoms with Crippen LogP contribution < -0.4 is 10.9 Å². The summed E-state index contributed by atoms with van der Waals surface area (Å²) in [5.41, 5.74) is 0.407. The molecule has 2 N–H and O–H groups in total. The van der Waals surface area contributed by atoms with E-state index in [0.29, 0.717) is 5.69 Å². The first kappa shape index (κ1) is 10.4. The Morgan fingerprint density at radius 1 is 1.56 bits per heavy atom. The smallest absolute Gasteiger partial charge is 0.266 e. The number of nitrogens with one attached hydrogen (secondary N) is 2. The molecule has 2 rings (SSSR count). The molecule has 2 aromatic heterocycles. The van der Waals surface area contributed by atoms with E-state index in [1.54, 1.807) is 19.3 Å². The number of pyridine rings is 1. The van der Waals surface area contributed by atoms with Crippen molar-refractivity contribution >= 4 is 16.5 Å². The molecule has 0 saturated heterocycles. The standard InChI is InChI=1S/C10H8N4OS/c1-12-10-13-5-8(16-10)7-3-2-6(4-11)9(15)14-7/h2-3,5H,1H3,(H,12,13)(H,14,15). The first-order chi connectivity index (χ1) is 7.74. The Bertz CT molecular complexity index is 608. The van der Waals surface area contributed by atoms with Gasteiger partial charge in [-0.25, -0.2) is 4.98 Å². The van der Waals surface area contributed by atoms with E-state index in [4.69, 9.17) is 5.26 Å². The normalized spacial score (nSPS) is 9.75. The SMILES string of the molecule is CNc1ncc(-c2ccc(C#N)c(=O)[nH]2)s1. The van der Waals surface area contributed by atoms with Crippen LogP contribution >= 0.6 is 11.3 Å². The van der Waals surface area contributed by atoms with Crippen LogP contribution in [0.2, 0.25) is 0 Å². The lowest BCUT2D eigenvalue weighted by atomic mass is 10.2. The highest BCUT2D eigenvalue weighted by Crippen LogP contribution is 2.26. The van der Waals surface area contributed by atoms with Crippen molar-refractivity contribution in [1.82, 2.24) is 9.97 Å². The van der Waals surface area contributed by atoms with Crippen molar-refractivity contribution in [2.45, 2.75) is 0 Å². The summed E-state index contributed by atoms with van der Waals surface area (Å²) in [5, 5.41) is 12.3. The number of aromatic amines is 1. The number of hydrogen-bond donors (Lipinski definition) is 2. The van der Waals surface area contributed by atoms with Gasteiger partial charge in [0.2, 0.25) is 0 Å². The summed E-state index contributed by atoms with van der Waals surface area (Å²) in [6.07, 6.45) is 1.67. The van der Waals surface area contributed by atoms with E-state index in [9.17, 15) is 4.79 Å². The molecule has 0 aliphatic heterocycles. The Kier molecular flexibility index (Phi) is 2.70. The van der Waals surface area contributed by atoms with Gasteiger partial charge in [-0.1, -0.05) is 11.3 Å². The molecule has 0 aromatic carbocycles. The Labute approximate surface area is 95.4 Å². The van der Waals surface area contributed by atoms with Crippen LogP contribution in [0.25, 0.3) is 10.6 Å². The third-order valence-electron chi connectivity index (χ3n) is 2.01. The first-order valence-corrected chi connectivity index (χ1v) is 5.33. The van der Waals surface area contributed by atoms with Crippen molar-refractivity contribution in [2.75, 3.05) is 12.4 Å². The van der Waals surface area contributed by atoms with Gasteiger partial charge >= 0.3 is 0 Å². The minimum Gasteiger partial charge on any atom is -0.365 e. The van der Waals surface area contributed by atoms with E-state index in [1.165, 1.54) is 17.4 Å². The first-order valence-electron chi connectivity index (χ1n) is 4.52. The van der Waals surface area contributed by atoms with Crippen molar-refractivity contribution in [3.8, 4) is 16.6 Å². The van der Waals surface area contributed by atoms with E-state index < -0.39 is 0 Å². The van der Waals surface area contributed by atoms with Crippen LogP contribution in [0.4, 0.5) is 5.13 Å². The highest BCUT2D eigenvalue weighted by atomic mass is 32.1. The molecule has 0 amide bonds. The summed E-state index contributed by atoms with van der Waals surface area (Å²) in [6, 6.07) is 5.03. The van der Waals surface area contributed by atoms with Gasteiger partial charge in [0.25, 0.3) is 5.56 Å². The number of H-pyrrole nitrogens is 1. The number of aromatic nitrogens is 2. The van der Waals surface area contributed by atoms with Crippen molar-refractivity contribution in [1.29, 1.82) is 5.26 Å². The lowest BCUT2D eigenvalue weighted by Gasteiger charge is -1.96. The second kappa shape index (κ2) is 4.16. The molecule has 0 spiro atoms. The minimum atomic E-state index is -0.376. The molecule has 0 unspecified atom stereocenters. The van der Waals surface area contributed by atoms with Crippen LogP contribution in [0.1, 0.15) is 5.56 Å². The molecule has 2 aromatic rings. The summed E-state index contributed by atoms with van der Waals surface area (Å²) >= 11 is 1.43. The average molecular weight is 232 g/mol. The zero-order chi connectivity index (χ0) is 11.5. The molecule has 0 aliphatic carbocycles. The van der Waals surface area contributed by atoms with Gasteiger partial charge in [-0.05, 0) is 12.1 Å². The topological polar surface area (TPSA) is 81.6 Å². The molecule has 0 saturated carbocycles. The van der Waals surface area contributed by atoms with Gasteiger partial charge in [-0.2, -0.15) is 5.26 Å². The predicted molar refractivity (Wildman–Crippen MR) is 62.4 cm³/mol. The summed E-state index contributed by atoms with van der Waals surface area (Å²) in [6.45, 7) is 0. The maximum absolute atomic E-state index is 11.4. The Hall–Kier alpha value is -2.13. The van der Waals surface area contributed by atoms with Crippen LogP contribution in [0.5, 0.6) is 0 Å². The zero-order valence-corrected chi connectivity index (χ0v) is 9.26. The lowest BCUT2D eigenvalue weighted by Crippen LogP contribution is -2.09. The highest BCUT2D eigenvalue weighted by molar-refractivity contribution is 7.18. The fraction of sp³-hybridized carbons (Fsp3) is 0.100. The second-order valence-corrected chi connectivity index (χ2v) is 4.04. The monoisotopic (exact) mass is 232 g/mol. The van der Waals surface area contributed by atoms with Gasteiger partial charge < -0.3 is 10.3 Å². The fourth-order valence-corrected chi connectivity index (χ4v) is 1.97. The summed E-state index contributed by atoms with van der Waals surface area (Å²) in [7, 11) is 1.78. The third-order valence-corrected chi connectivity index (χ3v) is 3.06. The highest BCUT2D eigenvalue weighted by Gasteiger charge is 2.05. The number of nitrogens with zero attached hydrogens (tertiary/aromatic N) is 2. The van der Waals surface area contributed by atoms with Gasteiger partial charge in [0.1, 0.15) is 11.6 Å². The molecule has 16 heavy (non-hydrogen) atoms. The van der Waals surface area contributed by atoms with Crippen molar-refractivity contribution in [3.05, 3.63) is 34.2 Å². The van der Waals surface area contributed by atoms with Gasteiger partial charge in [0.05, 0.1) is 10.6 Å². The molecule has 2 heterocycles. The number of hydrogen-bond acceptors (Lipinski definition) is 5. The largest absolute Gasteiger partial charge is 0.365 e. The molecular weight excluding hydrogens is 224 g/mol. The Balaban J connectivity index is 2.46. The van der Waals surface area contributed by atoms with Gasteiger partial charge in [-0.3, -0.25) is 4.79 Å². The molecule has 80 valence electrons. The van der Waals surface area contributed by atoms with E-state index in [1.807, 2.05) is 6.07 Å². The second-order valence-electron chi connectivity index (χ2n) is 3.01. The quantitative estimate of drug-likeness (QED) is 0.820. The average Bonchev–Trinajstić information content (AvgIpc) is 2.77. The molecule has 0 aliphatic rings. The van der Waals surface area contributed by atoms with Crippen molar-refractivity contribution in [2.24, 2.45) is 0 Å². The van der Waals surface area contributed by atoms with Gasteiger partial charge in [-0.15, -0.1) is 0 Å². The lowest BCUT2D eigenvalue weighted by molar-refractivity contribution is 1.22. The number of anilines is 1. The van der Waals surface area contributed by atoms with Crippen LogP contribution in [0, 0.1) is 11.3 Å². The summed E-state index contributed by atoms with van der Waals surface area (Å²) in [4.78, 5) is 19.0. The van der Waals surface area contributed by atoms with E-state index in [0.717, 1.165) is 10.0 Å². The Morgan fingerprint density at radius 2 is 2.38 bits per heavy atom. The van der Waals surface area contributed by atoms with Gasteiger partial charge in [0, 0.05) is 13.2 Å². The molecular formula is C10H8N4OS.